The second-order valence-corrected chi connectivity index (χ2v) is 18.6. The van der Waals surface area contributed by atoms with Crippen molar-refractivity contribution in [3.05, 3.63) is 236 Å². The van der Waals surface area contributed by atoms with Crippen molar-refractivity contribution in [2.24, 2.45) is 0 Å². The van der Waals surface area contributed by atoms with Crippen molar-refractivity contribution in [2.75, 3.05) is 9.80 Å². The summed E-state index contributed by atoms with van der Waals surface area (Å²) < 4.78 is 8.92. The predicted octanol–water partition coefficient (Wildman–Crippen LogP) is 15.9. The van der Waals surface area contributed by atoms with Gasteiger partial charge in [-0.15, -0.1) is 48.1 Å². The van der Waals surface area contributed by atoms with E-state index in [1.807, 2.05) is 24.4 Å². The van der Waals surface area contributed by atoms with Crippen LogP contribution in [0.4, 0.5) is 22.7 Å². The van der Waals surface area contributed by atoms with Crippen LogP contribution < -0.4 is 14.5 Å². The van der Waals surface area contributed by atoms with E-state index in [4.69, 9.17) is 9.72 Å². The molecule has 5 nitrogen and oxygen atoms in total. The van der Waals surface area contributed by atoms with Gasteiger partial charge in [-0.1, -0.05) is 168 Å². The maximum atomic E-state index is 6.72. The Balaban J connectivity index is 0.00000525. The number of aromatic nitrogens is 2. The molecule has 2 aromatic heterocycles. The van der Waals surface area contributed by atoms with E-state index >= 15 is 0 Å². The van der Waals surface area contributed by atoms with Gasteiger partial charge in [0.05, 0.1) is 0 Å². The topological polar surface area (TPSA) is 33.5 Å². The molecule has 0 unspecified atom stereocenters. The van der Waals surface area contributed by atoms with Crippen molar-refractivity contribution in [3.63, 3.8) is 0 Å². The van der Waals surface area contributed by atoms with E-state index in [9.17, 15) is 0 Å². The fraction of sp³-hybridized carbons (Fsp3) is 0.115. The first-order valence-corrected chi connectivity index (χ1v) is 22.6. The zero-order valence-corrected chi connectivity index (χ0v) is 40.4. The number of rotatable bonds is 9. The third-order valence-corrected chi connectivity index (χ3v) is 13.0. The smallest absolute Gasteiger partial charge is 0.135 e. The van der Waals surface area contributed by atoms with E-state index < -0.39 is 0 Å². The minimum absolute atomic E-state index is 0. The number of pyridine rings is 1. The van der Waals surface area contributed by atoms with Gasteiger partial charge >= 0.3 is 0 Å². The van der Waals surface area contributed by atoms with Crippen LogP contribution in [0.5, 0.6) is 11.5 Å². The standard InChI is InChI=1S/C61H49N4O.Pt/c1-60(2,3)47-35-44(42-19-9-6-10-20-42)36-49(37-47)64-41-63(56-30-18-28-52(59(56)64)43-21-11-7-12-22-43)48-25-17-26-50(39-48)66-51-31-32-54-53-27-15-16-29-55(53)65(57(54)40-51)58-38-46(33-34-62-58)61(4,5)45-23-13-8-14-24-45;/h6-38,41H,1-5H3;/q-3;. The molecule has 0 saturated heterocycles. The molecule has 0 atom stereocenters. The normalized spacial score (nSPS) is 12.6. The molecule has 0 amide bonds. The fourth-order valence-corrected chi connectivity index (χ4v) is 9.31. The minimum Gasteiger partial charge on any atom is -0.509 e. The molecule has 1 aliphatic rings. The van der Waals surface area contributed by atoms with Crippen LogP contribution in [0.25, 0.3) is 49.9 Å². The van der Waals surface area contributed by atoms with Crippen LogP contribution in [0, 0.1) is 18.8 Å². The molecule has 0 radical (unpaired) electrons. The molecule has 3 heterocycles. The van der Waals surface area contributed by atoms with Gasteiger partial charge in [0.1, 0.15) is 5.82 Å². The SMILES string of the molecule is CC(C)(C)c1cc(-c2ccccc2)cc(N2[CH-]N(c3[c-]c(Oc4[c-]c5c(cc4)c4ccccc4n5-c4cc(C(C)(C)c5ccccc5)ccn4)ccc3)c3cccc(-c4ccccc4)c32)c1.[Pt]. The minimum atomic E-state index is -0.231. The molecule has 0 aliphatic carbocycles. The van der Waals surface area contributed by atoms with Crippen LogP contribution in [-0.2, 0) is 31.9 Å². The number of hydrogen-bond acceptors (Lipinski definition) is 4. The summed E-state index contributed by atoms with van der Waals surface area (Å²) in [5, 5.41) is 2.21. The first kappa shape index (κ1) is 43.7. The predicted molar refractivity (Wildman–Crippen MR) is 272 cm³/mol. The molecule has 67 heavy (non-hydrogen) atoms. The zero-order chi connectivity index (χ0) is 45.0. The first-order valence-electron chi connectivity index (χ1n) is 22.6. The largest absolute Gasteiger partial charge is 0.509 e. The van der Waals surface area contributed by atoms with E-state index in [0.717, 1.165) is 61.5 Å². The van der Waals surface area contributed by atoms with Crippen molar-refractivity contribution in [3.8, 4) is 39.6 Å². The second-order valence-electron chi connectivity index (χ2n) is 18.6. The summed E-state index contributed by atoms with van der Waals surface area (Å²) in [5.74, 6) is 2.01. The molecule has 0 fully saturated rings. The van der Waals surface area contributed by atoms with Crippen LogP contribution in [0.3, 0.4) is 0 Å². The van der Waals surface area contributed by atoms with E-state index in [2.05, 4.69) is 244 Å². The summed E-state index contributed by atoms with van der Waals surface area (Å²) in [7, 11) is 0. The van der Waals surface area contributed by atoms with Gasteiger partial charge in [0.15, 0.2) is 0 Å². The zero-order valence-electron chi connectivity index (χ0n) is 38.1. The summed E-state index contributed by atoms with van der Waals surface area (Å²) in [6.07, 6.45) is 1.91. The number of fused-ring (bicyclic) bond motifs is 4. The van der Waals surface area contributed by atoms with Crippen molar-refractivity contribution in [1.82, 2.24) is 9.55 Å². The van der Waals surface area contributed by atoms with Crippen molar-refractivity contribution < 1.29 is 25.8 Å². The summed E-state index contributed by atoms with van der Waals surface area (Å²) in [6, 6.07) is 75.8. The number of para-hydroxylation sites is 2. The van der Waals surface area contributed by atoms with Gasteiger partial charge in [-0.25, -0.2) is 4.98 Å². The Morgan fingerprint density at radius 1 is 0.522 bits per heavy atom. The van der Waals surface area contributed by atoms with E-state index in [-0.39, 0.29) is 31.9 Å². The summed E-state index contributed by atoms with van der Waals surface area (Å²) in [4.78, 5) is 9.51. The molecule has 6 heteroatoms. The molecule has 0 spiro atoms. The van der Waals surface area contributed by atoms with Crippen molar-refractivity contribution >= 4 is 44.6 Å². The Morgan fingerprint density at radius 3 is 1.97 bits per heavy atom. The third-order valence-electron chi connectivity index (χ3n) is 13.0. The van der Waals surface area contributed by atoms with Crippen molar-refractivity contribution in [2.45, 2.75) is 45.4 Å². The van der Waals surface area contributed by atoms with Crippen LogP contribution in [0.2, 0.25) is 0 Å². The van der Waals surface area contributed by atoms with Gasteiger partial charge in [-0.2, -0.15) is 12.1 Å². The quantitative estimate of drug-likeness (QED) is 0.135. The Kier molecular flexibility index (Phi) is 11.4. The molecule has 0 N–H and O–H groups in total. The molecule has 332 valence electrons. The first-order chi connectivity index (χ1) is 32.1. The second kappa shape index (κ2) is 17.5. The van der Waals surface area contributed by atoms with E-state index in [1.54, 1.807) is 0 Å². The molecule has 0 bridgehead atoms. The average molecular weight is 1050 g/mol. The number of hydrogen-bond donors (Lipinski definition) is 0. The Labute approximate surface area is 408 Å². The molecule has 0 saturated carbocycles. The monoisotopic (exact) mass is 1050 g/mol. The fourth-order valence-electron chi connectivity index (χ4n) is 9.31. The van der Waals surface area contributed by atoms with Gasteiger partial charge < -0.3 is 19.1 Å². The van der Waals surface area contributed by atoms with Crippen LogP contribution in [0.15, 0.2) is 200 Å². The number of nitrogens with zero attached hydrogens (tertiary/aromatic N) is 4. The molecule has 8 aromatic carbocycles. The average Bonchev–Trinajstić information content (AvgIpc) is 3.91. The van der Waals surface area contributed by atoms with Crippen LogP contribution in [0.1, 0.15) is 51.3 Å². The van der Waals surface area contributed by atoms with Gasteiger partial charge in [0, 0.05) is 72.3 Å². The Bertz CT molecular complexity index is 3390. The van der Waals surface area contributed by atoms with Crippen molar-refractivity contribution in [1.29, 1.82) is 0 Å². The van der Waals surface area contributed by atoms with Crippen LogP contribution in [-0.4, -0.2) is 9.55 Å². The van der Waals surface area contributed by atoms with Gasteiger partial charge in [-0.3, -0.25) is 0 Å². The van der Waals surface area contributed by atoms with Gasteiger partial charge in [0.2, 0.25) is 0 Å². The number of ether oxygens (including phenoxy) is 1. The van der Waals surface area contributed by atoms with E-state index in [1.165, 1.54) is 27.8 Å². The maximum Gasteiger partial charge on any atom is 0.135 e. The molecule has 1 aliphatic heterocycles. The molecule has 11 rings (SSSR count). The van der Waals surface area contributed by atoms with Gasteiger partial charge in [0.25, 0.3) is 0 Å². The number of benzene rings is 8. The molecular weight excluding hydrogens is 1000 g/mol. The summed E-state index contributed by atoms with van der Waals surface area (Å²) in [6.45, 7) is 13.6. The molecule has 10 aromatic rings. The van der Waals surface area contributed by atoms with Gasteiger partial charge in [-0.05, 0) is 80.6 Å². The summed E-state index contributed by atoms with van der Waals surface area (Å²) in [5.41, 5.74) is 14.1. The maximum absolute atomic E-state index is 6.72. The third kappa shape index (κ3) is 8.12. The Hall–Kier alpha value is -7.20. The van der Waals surface area contributed by atoms with Crippen LogP contribution >= 0.6 is 0 Å². The molecular formula is C61H49N4OPt-3. The number of anilines is 4. The van der Waals surface area contributed by atoms with E-state index in [0.29, 0.717) is 11.5 Å². The summed E-state index contributed by atoms with van der Waals surface area (Å²) >= 11 is 0. The Morgan fingerprint density at radius 2 is 1.21 bits per heavy atom.